The largest absolute Gasteiger partial charge is 0.508 e. The lowest BCUT2D eigenvalue weighted by atomic mass is 9.97. The van der Waals surface area contributed by atoms with Crippen molar-refractivity contribution in [2.45, 2.75) is 77.1 Å². The summed E-state index contributed by atoms with van der Waals surface area (Å²) in [6.45, 7) is 10.6. The van der Waals surface area contributed by atoms with Gasteiger partial charge in [-0.1, -0.05) is 65.0 Å². The highest BCUT2D eigenvalue weighted by atomic mass is 32.2. The van der Waals surface area contributed by atoms with Crippen molar-refractivity contribution in [3.05, 3.63) is 76.2 Å². The van der Waals surface area contributed by atoms with Crippen LogP contribution in [-0.4, -0.2) is 94.0 Å². The molecule has 0 bridgehead atoms. The first-order chi connectivity index (χ1) is 22.3. The van der Waals surface area contributed by atoms with Crippen molar-refractivity contribution in [2.75, 3.05) is 26.2 Å². The van der Waals surface area contributed by atoms with E-state index in [0.717, 1.165) is 22.7 Å². The third kappa shape index (κ3) is 9.31. The van der Waals surface area contributed by atoms with Crippen molar-refractivity contribution in [1.82, 2.24) is 24.4 Å². The second-order valence-electron chi connectivity index (χ2n) is 12.8. The number of aromatic nitrogens is 1. The molecule has 13 heteroatoms. The van der Waals surface area contributed by atoms with Crippen LogP contribution in [0.5, 0.6) is 5.75 Å². The monoisotopic (exact) mass is 685 g/mol. The van der Waals surface area contributed by atoms with Gasteiger partial charge in [-0.2, -0.15) is 4.31 Å². The van der Waals surface area contributed by atoms with Crippen LogP contribution in [0.15, 0.2) is 64.9 Å². The number of aromatic hydroxyl groups is 1. The van der Waals surface area contributed by atoms with Crippen molar-refractivity contribution in [2.24, 2.45) is 11.8 Å². The second kappa shape index (κ2) is 16.1. The molecule has 0 saturated carbocycles. The van der Waals surface area contributed by atoms with Gasteiger partial charge in [-0.25, -0.2) is 18.2 Å². The van der Waals surface area contributed by atoms with Crippen molar-refractivity contribution in [1.29, 1.82) is 0 Å². The molecule has 0 spiro atoms. The van der Waals surface area contributed by atoms with E-state index in [1.165, 1.54) is 28.6 Å². The highest BCUT2D eigenvalue weighted by molar-refractivity contribution is 7.89. The van der Waals surface area contributed by atoms with E-state index in [-0.39, 0.29) is 48.0 Å². The van der Waals surface area contributed by atoms with Crippen LogP contribution >= 0.6 is 11.3 Å². The van der Waals surface area contributed by atoms with Gasteiger partial charge in [0.25, 0.3) is 0 Å². The second-order valence-corrected chi connectivity index (χ2v) is 15.6. The molecule has 0 radical (unpaired) electrons. The van der Waals surface area contributed by atoms with Crippen LogP contribution in [-0.2, 0) is 34.2 Å². The number of nitrogens with zero attached hydrogens (tertiary/aromatic N) is 4. The number of thiazole rings is 1. The van der Waals surface area contributed by atoms with Crippen LogP contribution in [0.3, 0.4) is 0 Å². The van der Waals surface area contributed by atoms with E-state index in [2.05, 4.69) is 10.3 Å². The van der Waals surface area contributed by atoms with Crippen LogP contribution in [0.2, 0.25) is 0 Å². The zero-order chi connectivity index (χ0) is 34.3. The molecule has 4 rings (SSSR count). The molecular weight excluding hydrogens is 639 g/mol. The Balaban J connectivity index is 1.56. The number of phenols is 1. The maximum Gasteiger partial charge on any atom is 0.321 e. The minimum Gasteiger partial charge on any atom is -0.508 e. The maximum atomic E-state index is 14.0. The molecule has 3 N–H and O–H groups in total. The van der Waals surface area contributed by atoms with Crippen LogP contribution in [0.4, 0.5) is 4.79 Å². The van der Waals surface area contributed by atoms with E-state index in [4.69, 9.17) is 0 Å². The van der Waals surface area contributed by atoms with Gasteiger partial charge in [0.1, 0.15) is 11.8 Å². The molecule has 2 aromatic carbocycles. The van der Waals surface area contributed by atoms with Crippen molar-refractivity contribution in [3.63, 3.8) is 0 Å². The lowest BCUT2D eigenvalue weighted by molar-refractivity contribution is -0.128. The summed E-state index contributed by atoms with van der Waals surface area (Å²) in [6, 6.07) is 12.7. The van der Waals surface area contributed by atoms with Gasteiger partial charge >= 0.3 is 6.03 Å². The molecule has 1 saturated heterocycles. The van der Waals surface area contributed by atoms with Gasteiger partial charge in [0, 0.05) is 31.6 Å². The molecule has 1 unspecified atom stereocenters. The predicted octanol–water partition coefficient (Wildman–Crippen LogP) is 4.11. The predicted molar refractivity (Wildman–Crippen MR) is 182 cm³/mol. The van der Waals surface area contributed by atoms with Crippen LogP contribution in [0, 0.1) is 11.8 Å². The highest BCUT2D eigenvalue weighted by Crippen LogP contribution is 2.24. The molecule has 1 aliphatic heterocycles. The third-order valence-electron chi connectivity index (χ3n) is 8.14. The molecule has 3 amide bonds. The molecule has 3 aromatic rings. The first-order valence-corrected chi connectivity index (χ1v) is 18.4. The summed E-state index contributed by atoms with van der Waals surface area (Å²) >= 11 is 1.57. The van der Waals surface area contributed by atoms with Crippen molar-refractivity contribution >= 4 is 33.3 Å². The van der Waals surface area contributed by atoms with Gasteiger partial charge < -0.3 is 25.3 Å². The summed E-state index contributed by atoms with van der Waals surface area (Å²) in [4.78, 5) is 35.5. The Morgan fingerprint density at radius 2 is 1.72 bits per heavy atom. The molecule has 2 heterocycles. The number of sulfonamides is 1. The number of aliphatic hydroxyl groups excluding tert-OH is 1. The Morgan fingerprint density at radius 1 is 1.04 bits per heavy atom. The number of amides is 3. The summed E-state index contributed by atoms with van der Waals surface area (Å²) < 4.78 is 28.6. The zero-order valence-corrected chi connectivity index (χ0v) is 29.4. The quantitative estimate of drug-likeness (QED) is 0.206. The van der Waals surface area contributed by atoms with E-state index in [1.807, 2.05) is 70.3 Å². The molecule has 1 aromatic heterocycles. The van der Waals surface area contributed by atoms with E-state index >= 15 is 0 Å². The number of nitrogens with one attached hydrogen (secondary N) is 1. The molecule has 0 aliphatic carbocycles. The minimum atomic E-state index is -4.04. The summed E-state index contributed by atoms with van der Waals surface area (Å²) in [5, 5.41) is 27.3. The van der Waals surface area contributed by atoms with Gasteiger partial charge in [0.2, 0.25) is 15.9 Å². The summed E-state index contributed by atoms with van der Waals surface area (Å²) in [7, 11) is -4.04. The molecular formula is C34H47N5O6S2. The number of carbonyl (C=O) groups is 2. The molecule has 11 nitrogen and oxygen atoms in total. The van der Waals surface area contributed by atoms with E-state index < -0.39 is 34.1 Å². The fraction of sp³-hybridized carbons (Fsp3) is 0.500. The number of urea groups is 1. The highest BCUT2D eigenvalue weighted by Gasteiger charge is 2.40. The topological polar surface area (TPSA) is 143 Å². The van der Waals surface area contributed by atoms with Crippen LogP contribution in [0.1, 0.15) is 50.9 Å². The lowest BCUT2D eigenvalue weighted by Crippen LogP contribution is -2.57. The van der Waals surface area contributed by atoms with E-state index in [0.29, 0.717) is 19.6 Å². The number of aryl methyl sites for hydroxylation is 1. The van der Waals surface area contributed by atoms with E-state index in [9.17, 15) is 28.2 Å². The molecule has 47 heavy (non-hydrogen) atoms. The molecule has 256 valence electrons. The average Bonchev–Trinajstić information content (AvgIpc) is 3.63. The molecule has 1 fully saturated rings. The van der Waals surface area contributed by atoms with Crippen molar-refractivity contribution in [3.8, 4) is 5.75 Å². The smallest absolute Gasteiger partial charge is 0.321 e. The number of phenolic OH excluding ortho intramolecular Hbond substituents is 1. The number of benzene rings is 2. The standard InChI is InChI=1S/C34H47N5O6S2/c1-6-31-35-26(22-46-31)20-37-16-17-39(34(37)43)32(24(4)5)33(42)36-29(18-25-10-8-7-9-11-25)30(41)21-38(19-23(2)3)47(44,45)28-14-12-27(40)13-15-28/h7-15,22-24,29-30,32,40-41H,6,16-21H2,1-5H3,(H,36,42)/t29-,30+,32?/m0/s1. The summed E-state index contributed by atoms with van der Waals surface area (Å²) in [5.74, 6) is -0.748. The Hall–Kier alpha value is -3.52. The van der Waals surface area contributed by atoms with Gasteiger partial charge in [-0.3, -0.25) is 4.79 Å². The van der Waals surface area contributed by atoms with Gasteiger partial charge in [0.15, 0.2) is 0 Å². The summed E-state index contributed by atoms with van der Waals surface area (Å²) in [5.41, 5.74) is 1.68. The van der Waals surface area contributed by atoms with Crippen molar-refractivity contribution < 1.29 is 28.2 Å². The van der Waals surface area contributed by atoms with Gasteiger partial charge in [-0.05, 0) is 54.5 Å². The van der Waals surface area contributed by atoms with Gasteiger partial charge in [-0.15, -0.1) is 11.3 Å². The number of rotatable bonds is 16. The first-order valence-electron chi connectivity index (χ1n) is 16.1. The fourth-order valence-electron chi connectivity index (χ4n) is 5.79. The third-order valence-corrected chi connectivity index (χ3v) is 11.0. The molecule has 1 aliphatic rings. The Bertz CT molecular complexity index is 1580. The number of hydrogen-bond acceptors (Lipinski definition) is 8. The Kier molecular flexibility index (Phi) is 12.4. The average molecular weight is 686 g/mol. The summed E-state index contributed by atoms with van der Waals surface area (Å²) in [6.07, 6.45) is -0.202. The van der Waals surface area contributed by atoms with E-state index in [1.54, 1.807) is 21.1 Å². The fourth-order valence-corrected chi connectivity index (χ4v) is 8.15. The Morgan fingerprint density at radius 3 is 2.32 bits per heavy atom. The number of hydrogen-bond donors (Lipinski definition) is 3. The normalized spacial score (nSPS) is 15.9. The molecule has 3 atom stereocenters. The van der Waals surface area contributed by atoms with Crippen LogP contribution in [0.25, 0.3) is 0 Å². The van der Waals surface area contributed by atoms with Gasteiger partial charge in [0.05, 0.1) is 34.3 Å². The Labute approximate surface area is 282 Å². The maximum absolute atomic E-state index is 14.0. The minimum absolute atomic E-state index is 0.00710. The lowest BCUT2D eigenvalue weighted by Gasteiger charge is -2.34. The zero-order valence-electron chi connectivity index (χ0n) is 27.7. The number of aliphatic hydroxyl groups is 1. The van der Waals surface area contributed by atoms with Crippen LogP contribution < -0.4 is 5.32 Å². The first kappa shape index (κ1) is 36.3. The number of carbonyl (C=O) groups excluding carboxylic acids is 2. The SMILES string of the molecule is CCc1nc(CN2CCN(C(C(=O)N[C@@H](Cc3ccccc3)[C@H](O)CN(CC(C)C)S(=O)(=O)c3ccc(O)cc3)C(C)C)C2=O)cs1.